The van der Waals surface area contributed by atoms with E-state index in [9.17, 15) is 0 Å². The van der Waals surface area contributed by atoms with Gasteiger partial charge in [0.1, 0.15) is 0 Å². The maximum atomic E-state index is 5.85. The zero-order chi connectivity index (χ0) is 21.4. The van der Waals surface area contributed by atoms with Gasteiger partial charge >= 0.3 is 0 Å². The van der Waals surface area contributed by atoms with Crippen LogP contribution in [0.4, 0.5) is 5.69 Å². The lowest BCUT2D eigenvalue weighted by Crippen LogP contribution is -2.29. The van der Waals surface area contributed by atoms with Crippen LogP contribution >= 0.6 is 12.2 Å². The summed E-state index contributed by atoms with van der Waals surface area (Å²) in [6.07, 6.45) is 1.85. The number of nitrogens with one attached hydrogen (secondary N) is 1. The van der Waals surface area contributed by atoms with Crippen LogP contribution in [0.5, 0.6) is 0 Å². The molecule has 1 N–H and O–H groups in total. The molecule has 4 rings (SSSR count). The molecule has 4 nitrogen and oxygen atoms in total. The first-order chi connectivity index (χ1) is 14.4. The third kappa shape index (κ3) is 3.52. The van der Waals surface area contributed by atoms with E-state index in [1.165, 1.54) is 22.5 Å². The van der Waals surface area contributed by atoms with Crippen molar-refractivity contribution in [2.75, 3.05) is 4.90 Å². The lowest BCUT2D eigenvalue weighted by molar-refractivity contribution is 0.563. The van der Waals surface area contributed by atoms with Crippen LogP contribution in [0.2, 0.25) is 0 Å². The first kappa shape index (κ1) is 20.6. The molecular weight excluding hydrogens is 388 g/mol. The number of anilines is 1. The summed E-state index contributed by atoms with van der Waals surface area (Å²) in [6, 6.07) is 17.2. The molecule has 1 saturated heterocycles. The average Bonchev–Trinajstić information content (AvgIpc) is 3.23. The number of pyridine rings is 1. The van der Waals surface area contributed by atoms with Crippen LogP contribution in [-0.4, -0.2) is 14.7 Å². The maximum Gasteiger partial charge on any atom is 0.174 e. The van der Waals surface area contributed by atoms with E-state index in [2.05, 4.69) is 90.8 Å². The molecule has 3 aromatic rings. The molecule has 1 aromatic carbocycles. The van der Waals surface area contributed by atoms with Crippen LogP contribution in [0.3, 0.4) is 0 Å². The summed E-state index contributed by atoms with van der Waals surface area (Å²) in [7, 11) is 0. The molecule has 5 heteroatoms. The molecule has 1 aliphatic rings. The Kier molecular flexibility index (Phi) is 5.65. The van der Waals surface area contributed by atoms with E-state index in [-0.39, 0.29) is 12.1 Å². The zero-order valence-corrected chi connectivity index (χ0v) is 19.2. The number of aryl methyl sites for hydroxylation is 1. The fourth-order valence-electron chi connectivity index (χ4n) is 4.58. The summed E-state index contributed by atoms with van der Waals surface area (Å²) in [5, 5.41) is 4.31. The Morgan fingerprint density at radius 1 is 1.10 bits per heavy atom. The summed E-state index contributed by atoms with van der Waals surface area (Å²) in [4.78, 5) is 6.92. The van der Waals surface area contributed by atoms with Gasteiger partial charge < -0.3 is 14.8 Å². The predicted octanol–water partition coefficient (Wildman–Crippen LogP) is 5.82. The number of hydrogen-bond acceptors (Lipinski definition) is 2. The number of aromatic nitrogens is 2. The van der Waals surface area contributed by atoms with E-state index in [4.69, 9.17) is 12.2 Å². The molecule has 2 atom stereocenters. The Hall–Kier alpha value is -2.66. The second-order valence-corrected chi connectivity index (χ2v) is 8.70. The van der Waals surface area contributed by atoms with Crippen molar-refractivity contribution in [3.8, 4) is 0 Å². The molecule has 0 saturated carbocycles. The monoisotopic (exact) mass is 418 g/mol. The Balaban J connectivity index is 1.84. The molecule has 0 radical (unpaired) electrons. The first-order valence-electron chi connectivity index (χ1n) is 10.7. The fraction of sp³-hybridized carbons (Fsp3) is 0.360. The van der Waals surface area contributed by atoms with Gasteiger partial charge in [-0.05, 0) is 80.4 Å². The lowest BCUT2D eigenvalue weighted by Gasteiger charge is -2.28. The van der Waals surface area contributed by atoms with Crippen molar-refractivity contribution in [1.82, 2.24) is 14.9 Å². The molecule has 30 heavy (non-hydrogen) atoms. The van der Waals surface area contributed by atoms with E-state index in [0.29, 0.717) is 5.92 Å². The van der Waals surface area contributed by atoms with Crippen LogP contribution in [0, 0.1) is 13.8 Å². The summed E-state index contributed by atoms with van der Waals surface area (Å²) in [6.45, 7) is 12.0. The highest BCUT2D eigenvalue weighted by molar-refractivity contribution is 7.80. The van der Waals surface area contributed by atoms with E-state index < -0.39 is 0 Å². The smallest absolute Gasteiger partial charge is 0.174 e. The number of benzene rings is 1. The molecular formula is C25H30N4S. The van der Waals surface area contributed by atoms with E-state index in [1.54, 1.807) is 0 Å². The van der Waals surface area contributed by atoms with Gasteiger partial charge in [-0.1, -0.05) is 32.0 Å². The minimum Gasteiger partial charge on any atom is -0.351 e. The van der Waals surface area contributed by atoms with Gasteiger partial charge in [-0.3, -0.25) is 4.98 Å². The van der Waals surface area contributed by atoms with Gasteiger partial charge in [0, 0.05) is 29.8 Å². The minimum absolute atomic E-state index is 0.00529. The SMILES string of the molecule is CCn1c(C)cc([C@H]2[C@H](c3ccccn3)NC(=S)N2c2ccc(C(C)C)cc2)c1C. The standard InChI is InChI=1S/C25H30N4S/c1-6-28-17(4)15-21(18(28)5)24-23(22-9-7-8-14-26-22)27-25(30)29(24)20-12-10-19(11-13-20)16(2)3/h7-16,23-24H,6H2,1-5H3,(H,27,30)/t23-,24-/m0/s1. The molecule has 3 heterocycles. The molecule has 0 amide bonds. The Bertz CT molecular complexity index is 1040. The molecule has 1 fully saturated rings. The topological polar surface area (TPSA) is 33.1 Å². The van der Waals surface area contributed by atoms with Crippen molar-refractivity contribution in [3.63, 3.8) is 0 Å². The van der Waals surface area contributed by atoms with Gasteiger partial charge in [0.2, 0.25) is 0 Å². The molecule has 0 spiro atoms. The third-order valence-corrected chi connectivity index (χ3v) is 6.50. The van der Waals surface area contributed by atoms with Crippen LogP contribution in [0.1, 0.15) is 67.0 Å². The van der Waals surface area contributed by atoms with Gasteiger partial charge in [0.05, 0.1) is 17.8 Å². The van der Waals surface area contributed by atoms with Gasteiger partial charge in [0.25, 0.3) is 0 Å². The van der Waals surface area contributed by atoms with E-state index in [1.807, 2.05) is 18.3 Å². The lowest BCUT2D eigenvalue weighted by atomic mass is 9.96. The summed E-state index contributed by atoms with van der Waals surface area (Å²) in [5.74, 6) is 0.503. The van der Waals surface area contributed by atoms with Crippen LogP contribution in [0.25, 0.3) is 0 Å². The molecule has 0 unspecified atom stereocenters. The highest BCUT2D eigenvalue weighted by Gasteiger charge is 2.42. The first-order valence-corrected chi connectivity index (χ1v) is 11.1. The molecule has 0 bridgehead atoms. The van der Waals surface area contributed by atoms with E-state index >= 15 is 0 Å². The summed E-state index contributed by atoms with van der Waals surface area (Å²) >= 11 is 5.85. The Morgan fingerprint density at radius 3 is 2.40 bits per heavy atom. The molecule has 0 aliphatic carbocycles. The summed E-state index contributed by atoms with van der Waals surface area (Å²) in [5.41, 5.74) is 7.31. The normalized spacial score (nSPS) is 18.9. The largest absolute Gasteiger partial charge is 0.351 e. The quantitative estimate of drug-likeness (QED) is 0.529. The zero-order valence-electron chi connectivity index (χ0n) is 18.4. The number of thiocarbonyl (C=S) groups is 1. The number of nitrogens with zero attached hydrogens (tertiary/aromatic N) is 3. The second-order valence-electron chi connectivity index (χ2n) is 8.31. The van der Waals surface area contributed by atoms with Gasteiger partial charge in [-0.25, -0.2) is 0 Å². The Morgan fingerprint density at radius 2 is 1.83 bits per heavy atom. The fourth-order valence-corrected chi connectivity index (χ4v) is 4.93. The van der Waals surface area contributed by atoms with Crippen LogP contribution < -0.4 is 10.2 Å². The molecule has 2 aromatic heterocycles. The highest BCUT2D eigenvalue weighted by Crippen LogP contribution is 2.43. The van der Waals surface area contributed by atoms with Crippen molar-refractivity contribution >= 4 is 23.0 Å². The van der Waals surface area contributed by atoms with E-state index in [0.717, 1.165) is 23.0 Å². The van der Waals surface area contributed by atoms with Gasteiger partial charge in [-0.15, -0.1) is 0 Å². The van der Waals surface area contributed by atoms with Crippen molar-refractivity contribution < 1.29 is 0 Å². The van der Waals surface area contributed by atoms with Gasteiger partial charge in [-0.2, -0.15) is 0 Å². The number of rotatable bonds is 5. The van der Waals surface area contributed by atoms with Crippen molar-refractivity contribution in [3.05, 3.63) is 82.9 Å². The van der Waals surface area contributed by atoms with Crippen LogP contribution in [0.15, 0.2) is 54.7 Å². The molecule has 1 aliphatic heterocycles. The second kappa shape index (κ2) is 8.23. The van der Waals surface area contributed by atoms with Gasteiger partial charge in [0.15, 0.2) is 5.11 Å². The highest BCUT2D eigenvalue weighted by atomic mass is 32.1. The van der Waals surface area contributed by atoms with Crippen molar-refractivity contribution in [2.45, 2.75) is 59.2 Å². The number of hydrogen-bond donors (Lipinski definition) is 1. The van der Waals surface area contributed by atoms with Crippen molar-refractivity contribution in [2.24, 2.45) is 0 Å². The average molecular weight is 419 g/mol. The van der Waals surface area contributed by atoms with Crippen molar-refractivity contribution in [1.29, 1.82) is 0 Å². The molecule has 156 valence electrons. The predicted molar refractivity (Wildman–Crippen MR) is 128 cm³/mol. The van der Waals surface area contributed by atoms with Crippen LogP contribution in [-0.2, 0) is 6.54 Å². The Labute approximate surface area is 184 Å². The minimum atomic E-state index is -0.00529. The summed E-state index contributed by atoms with van der Waals surface area (Å²) < 4.78 is 2.37. The maximum absolute atomic E-state index is 5.85. The third-order valence-electron chi connectivity index (χ3n) is 6.18.